The first kappa shape index (κ1) is 15.3. The number of halogens is 1. The van der Waals surface area contributed by atoms with Crippen LogP contribution >= 0.6 is 11.6 Å². The Labute approximate surface area is 141 Å². The van der Waals surface area contributed by atoms with Crippen LogP contribution in [0.15, 0.2) is 83.9 Å². The Morgan fingerprint density at radius 2 is 1.48 bits per heavy atom. The second-order valence-electron chi connectivity index (χ2n) is 5.29. The van der Waals surface area contributed by atoms with Crippen LogP contribution in [-0.4, -0.2) is 5.84 Å². The van der Waals surface area contributed by atoms with Gasteiger partial charge in [0.1, 0.15) is 5.84 Å². The summed E-state index contributed by atoms with van der Waals surface area (Å²) in [4.78, 5) is 4.76. The van der Waals surface area contributed by atoms with Crippen molar-refractivity contribution in [3.63, 3.8) is 0 Å². The maximum atomic E-state index is 5.95. The molecule has 2 nitrogen and oxygen atoms in total. The average Bonchev–Trinajstić information content (AvgIpc) is 2.59. The topological polar surface area (TPSA) is 24.4 Å². The zero-order valence-electron chi connectivity index (χ0n) is 12.8. The number of benzene rings is 3. The Hall–Kier alpha value is -2.58. The quantitative estimate of drug-likeness (QED) is 0.476. The smallest absolute Gasteiger partial charge is 0.138 e. The lowest BCUT2D eigenvalue weighted by Gasteiger charge is -2.11. The van der Waals surface area contributed by atoms with Gasteiger partial charge in [-0.05, 0) is 43.3 Å². The molecule has 0 radical (unpaired) electrons. The summed E-state index contributed by atoms with van der Waals surface area (Å²) in [6.45, 7) is 2.07. The molecule has 0 saturated carbocycles. The lowest BCUT2D eigenvalue weighted by atomic mass is 10.2. The maximum Gasteiger partial charge on any atom is 0.138 e. The third-order valence-corrected chi connectivity index (χ3v) is 3.68. The van der Waals surface area contributed by atoms with E-state index >= 15 is 0 Å². The highest BCUT2D eigenvalue weighted by molar-refractivity contribution is 6.30. The first-order valence-electron chi connectivity index (χ1n) is 7.44. The Balaban J connectivity index is 1.96. The number of anilines is 1. The number of rotatable bonds is 3. The number of nitrogens with zero attached hydrogens (tertiary/aromatic N) is 1. The van der Waals surface area contributed by atoms with Gasteiger partial charge in [-0.25, -0.2) is 4.99 Å². The molecule has 23 heavy (non-hydrogen) atoms. The van der Waals surface area contributed by atoms with E-state index in [2.05, 4.69) is 24.4 Å². The van der Waals surface area contributed by atoms with Gasteiger partial charge in [-0.1, -0.05) is 59.6 Å². The number of aliphatic imine (C=N–C) groups is 1. The highest BCUT2D eigenvalue weighted by Crippen LogP contribution is 2.18. The van der Waals surface area contributed by atoms with Crippen molar-refractivity contribution in [1.29, 1.82) is 0 Å². The van der Waals surface area contributed by atoms with Crippen LogP contribution in [0.2, 0.25) is 5.02 Å². The molecule has 3 rings (SSSR count). The molecule has 3 aromatic rings. The largest absolute Gasteiger partial charge is 0.340 e. The van der Waals surface area contributed by atoms with Gasteiger partial charge in [-0.2, -0.15) is 0 Å². The summed E-state index contributed by atoms with van der Waals surface area (Å²) < 4.78 is 0. The van der Waals surface area contributed by atoms with Crippen molar-refractivity contribution in [1.82, 2.24) is 0 Å². The lowest BCUT2D eigenvalue weighted by Crippen LogP contribution is -2.13. The molecule has 1 N–H and O–H groups in total. The Kier molecular flexibility index (Phi) is 4.74. The summed E-state index contributed by atoms with van der Waals surface area (Å²) in [5.41, 5.74) is 4.11. The first-order valence-corrected chi connectivity index (χ1v) is 7.82. The van der Waals surface area contributed by atoms with E-state index in [1.165, 1.54) is 5.56 Å². The molecule has 0 heterocycles. The zero-order chi connectivity index (χ0) is 16.1. The van der Waals surface area contributed by atoms with Gasteiger partial charge in [0, 0.05) is 16.3 Å². The van der Waals surface area contributed by atoms with Gasteiger partial charge in [0.15, 0.2) is 0 Å². The Bertz CT molecular complexity index is 791. The van der Waals surface area contributed by atoms with Crippen LogP contribution in [0.3, 0.4) is 0 Å². The van der Waals surface area contributed by atoms with Crippen molar-refractivity contribution >= 4 is 28.8 Å². The van der Waals surface area contributed by atoms with Crippen LogP contribution in [0.1, 0.15) is 11.1 Å². The maximum absolute atomic E-state index is 5.95. The van der Waals surface area contributed by atoms with E-state index in [4.69, 9.17) is 16.6 Å². The predicted molar refractivity (Wildman–Crippen MR) is 98.9 cm³/mol. The summed E-state index contributed by atoms with van der Waals surface area (Å²) in [6, 6.07) is 25.8. The summed E-state index contributed by atoms with van der Waals surface area (Å²) in [7, 11) is 0. The van der Waals surface area contributed by atoms with Crippen LogP contribution in [0.25, 0.3) is 0 Å². The fourth-order valence-electron chi connectivity index (χ4n) is 2.18. The molecule has 3 aromatic carbocycles. The molecule has 0 aliphatic carbocycles. The first-order chi connectivity index (χ1) is 11.2. The van der Waals surface area contributed by atoms with E-state index in [9.17, 15) is 0 Å². The highest BCUT2D eigenvalue weighted by atomic mass is 35.5. The minimum Gasteiger partial charge on any atom is -0.340 e. The molecule has 0 aliphatic rings. The molecule has 114 valence electrons. The van der Waals surface area contributed by atoms with Crippen molar-refractivity contribution in [3.8, 4) is 0 Å². The molecule has 0 aromatic heterocycles. The van der Waals surface area contributed by atoms with Gasteiger partial charge in [0.2, 0.25) is 0 Å². The molecule has 3 heteroatoms. The van der Waals surface area contributed by atoms with Gasteiger partial charge in [-0.15, -0.1) is 0 Å². The van der Waals surface area contributed by atoms with E-state index in [0.717, 1.165) is 22.8 Å². The van der Waals surface area contributed by atoms with E-state index in [0.29, 0.717) is 5.02 Å². The molecular formula is C20H17ClN2. The minimum atomic E-state index is 0.715. The minimum absolute atomic E-state index is 0.715. The van der Waals surface area contributed by atoms with Gasteiger partial charge in [0.05, 0.1) is 5.69 Å². The van der Waals surface area contributed by atoms with Gasteiger partial charge in [-0.3, -0.25) is 0 Å². The van der Waals surface area contributed by atoms with E-state index in [1.807, 2.05) is 66.7 Å². The summed E-state index contributed by atoms with van der Waals surface area (Å²) >= 11 is 5.95. The Morgan fingerprint density at radius 1 is 0.826 bits per heavy atom. The van der Waals surface area contributed by atoms with Crippen LogP contribution in [0.4, 0.5) is 11.4 Å². The second-order valence-corrected chi connectivity index (χ2v) is 5.73. The van der Waals surface area contributed by atoms with Crippen LogP contribution in [0.5, 0.6) is 0 Å². The SMILES string of the molecule is Cc1ccc(N=C(Nc2ccc(Cl)cc2)c2ccccc2)cc1. The average molecular weight is 321 g/mol. The highest BCUT2D eigenvalue weighted by Gasteiger charge is 2.04. The van der Waals surface area contributed by atoms with Gasteiger partial charge >= 0.3 is 0 Å². The molecular weight excluding hydrogens is 304 g/mol. The van der Waals surface area contributed by atoms with Crippen molar-refractivity contribution in [2.24, 2.45) is 4.99 Å². The molecule has 0 bridgehead atoms. The van der Waals surface area contributed by atoms with Crippen LogP contribution in [-0.2, 0) is 0 Å². The Morgan fingerprint density at radius 3 is 2.13 bits per heavy atom. The second kappa shape index (κ2) is 7.12. The van der Waals surface area contributed by atoms with Gasteiger partial charge < -0.3 is 5.32 Å². The number of aryl methyl sites for hydroxylation is 1. The fraction of sp³-hybridized carbons (Fsp3) is 0.0500. The molecule has 0 atom stereocenters. The number of amidine groups is 1. The standard InChI is InChI=1S/C20H17ClN2/c1-15-7-11-18(12-8-15)22-20(16-5-3-2-4-6-16)23-19-13-9-17(21)10-14-19/h2-14H,1H3,(H,22,23). The third-order valence-electron chi connectivity index (χ3n) is 3.43. The van der Waals surface area contributed by atoms with Crippen LogP contribution < -0.4 is 5.32 Å². The van der Waals surface area contributed by atoms with Crippen molar-refractivity contribution in [3.05, 3.63) is 95.0 Å². The van der Waals surface area contributed by atoms with Crippen LogP contribution in [0, 0.1) is 6.92 Å². The normalized spacial score (nSPS) is 11.3. The monoisotopic (exact) mass is 320 g/mol. The van der Waals surface area contributed by atoms with E-state index in [-0.39, 0.29) is 0 Å². The van der Waals surface area contributed by atoms with Crippen molar-refractivity contribution in [2.45, 2.75) is 6.92 Å². The van der Waals surface area contributed by atoms with E-state index < -0.39 is 0 Å². The fourth-order valence-corrected chi connectivity index (χ4v) is 2.31. The molecule has 0 amide bonds. The number of hydrogen-bond donors (Lipinski definition) is 1. The summed E-state index contributed by atoms with van der Waals surface area (Å²) in [5, 5.41) is 4.09. The van der Waals surface area contributed by atoms with Crippen molar-refractivity contribution < 1.29 is 0 Å². The molecule has 0 aliphatic heterocycles. The lowest BCUT2D eigenvalue weighted by molar-refractivity contribution is 1.42. The molecule has 0 unspecified atom stereocenters. The van der Waals surface area contributed by atoms with E-state index in [1.54, 1.807) is 0 Å². The molecule has 0 spiro atoms. The summed E-state index contributed by atoms with van der Waals surface area (Å²) in [6.07, 6.45) is 0. The number of nitrogens with one attached hydrogen (secondary N) is 1. The zero-order valence-corrected chi connectivity index (χ0v) is 13.6. The third kappa shape index (κ3) is 4.21. The molecule has 0 fully saturated rings. The predicted octanol–water partition coefficient (Wildman–Crippen LogP) is 5.84. The summed E-state index contributed by atoms with van der Waals surface area (Å²) in [5.74, 6) is 0.803. The molecule has 0 saturated heterocycles. The van der Waals surface area contributed by atoms with Crippen molar-refractivity contribution in [2.75, 3.05) is 5.32 Å². The number of hydrogen-bond acceptors (Lipinski definition) is 1. The van der Waals surface area contributed by atoms with Gasteiger partial charge in [0.25, 0.3) is 0 Å².